The van der Waals surface area contributed by atoms with Crippen LogP contribution in [0.3, 0.4) is 0 Å². The predicted molar refractivity (Wildman–Crippen MR) is 52.6 cm³/mol. The van der Waals surface area contributed by atoms with E-state index >= 15 is 0 Å². The van der Waals surface area contributed by atoms with Gasteiger partial charge in [0.05, 0.1) is 12.7 Å². The second kappa shape index (κ2) is 7.29. The van der Waals surface area contributed by atoms with Gasteiger partial charge < -0.3 is 14.9 Å². The van der Waals surface area contributed by atoms with E-state index in [0.29, 0.717) is 5.57 Å². The summed E-state index contributed by atoms with van der Waals surface area (Å²) in [5, 5.41) is 17.5. The van der Waals surface area contributed by atoms with Gasteiger partial charge in [-0.2, -0.15) is 0 Å². The van der Waals surface area contributed by atoms with Crippen LogP contribution >= 0.6 is 0 Å². The number of hydrogen-bond donors (Lipinski definition) is 2. The molecule has 0 fully saturated rings. The molecule has 0 aliphatic rings. The van der Waals surface area contributed by atoms with Crippen molar-refractivity contribution in [3.05, 3.63) is 24.3 Å². The number of rotatable bonds is 6. The summed E-state index contributed by atoms with van der Waals surface area (Å²) >= 11 is 0. The molecule has 0 rings (SSSR count). The lowest BCUT2D eigenvalue weighted by molar-refractivity contribution is -0.137. The first-order chi connectivity index (χ1) is 6.61. The summed E-state index contributed by atoms with van der Waals surface area (Å²) in [5.41, 5.74) is 0.416. The van der Waals surface area contributed by atoms with Crippen molar-refractivity contribution in [1.82, 2.24) is 0 Å². The van der Waals surface area contributed by atoms with Gasteiger partial charge in [-0.15, -0.1) is 0 Å². The lowest BCUT2D eigenvalue weighted by Crippen LogP contribution is -2.11. The summed E-state index contributed by atoms with van der Waals surface area (Å²) in [6.45, 7) is 4.86. The molecule has 0 saturated carbocycles. The van der Waals surface area contributed by atoms with Crippen LogP contribution in [0.4, 0.5) is 0 Å². The molecule has 1 atom stereocenters. The number of aliphatic hydroxyl groups is 2. The first kappa shape index (κ1) is 12.9. The first-order valence-corrected chi connectivity index (χ1v) is 4.35. The Bertz CT molecular complexity index is 220. The number of aliphatic hydroxyl groups excluding tert-OH is 2. The van der Waals surface area contributed by atoms with Crippen molar-refractivity contribution >= 4 is 5.97 Å². The highest BCUT2D eigenvalue weighted by Crippen LogP contribution is 2.01. The summed E-state index contributed by atoms with van der Waals surface area (Å²) < 4.78 is 4.75. The van der Waals surface area contributed by atoms with Crippen LogP contribution in [0, 0.1) is 0 Å². The van der Waals surface area contributed by atoms with E-state index < -0.39 is 12.1 Å². The average Bonchev–Trinajstić information content (AvgIpc) is 2.21. The number of esters is 1. The summed E-state index contributed by atoms with van der Waals surface area (Å²) in [6, 6.07) is 0. The van der Waals surface area contributed by atoms with Crippen LogP contribution in [0.2, 0.25) is 0 Å². The van der Waals surface area contributed by atoms with Crippen molar-refractivity contribution in [2.24, 2.45) is 0 Å². The Labute approximate surface area is 83.5 Å². The third-order valence-corrected chi connectivity index (χ3v) is 1.56. The molecule has 0 spiro atoms. The van der Waals surface area contributed by atoms with Gasteiger partial charge in [0.15, 0.2) is 0 Å². The number of ether oxygens (including phenoxy) is 1. The topological polar surface area (TPSA) is 66.8 Å². The van der Waals surface area contributed by atoms with E-state index in [2.05, 4.69) is 6.58 Å². The smallest absolute Gasteiger partial charge is 0.333 e. The number of hydrogen-bond acceptors (Lipinski definition) is 4. The molecule has 0 aliphatic heterocycles. The Morgan fingerprint density at radius 2 is 2.29 bits per heavy atom. The molecule has 0 aliphatic carbocycles. The van der Waals surface area contributed by atoms with Crippen LogP contribution in [-0.2, 0) is 9.53 Å². The molecular weight excluding hydrogens is 184 g/mol. The molecule has 0 heterocycles. The largest absolute Gasteiger partial charge is 0.458 e. The summed E-state index contributed by atoms with van der Waals surface area (Å²) in [5.74, 6) is -0.435. The van der Waals surface area contributed by atoms with E-state index in [1.54, 1.807) is 6.92 Å². The van der Waals surface area contributed by atoms with Gasteiger partial charge >= 0.3 is 5.97 Å². The molecule has 4 heteroatoms. The molecule has 0 aromatic rings. The number of carbonyl (C=O) groups excluding carboxylic acids is 1. The van der Waals surface area contributed by atoms with Crippen molar-refractivity contribution < 1.29 is 19.7 Å². The lowest BCUT2D eigenvalue weighted by atomic mass is 10.2. The van der Waals surface area contributed by atoms with Crippen LogP contribution in [0.5, 0.6) is 0 Å². The van der Waals surface area contributed by atoms with Gasteiger partial charge in [0.1, 0.15) is 6.61 Å². The molecule has 1 unspecified atom stereocenters. The van der Waals surface area contributed by atoms with Crippen molar-refractivity contribution in [2.75, 3.05) is 13.2 Å². The summed E-state index contributed by atoms with van der Waals surface area (Å²) in [4.78, 5) is 11.1. The molecule has 4 nitrogen and oxygen atoms in total. The van der Waals surface area contributed by atoms with Crippen LogP contribution in [0.15, 0.2) is 24.3 Å². The predicted octanol–water partition coefficient (Wildman–Crippen LogP) is 0.405. The van der Waals surface area contributed by atoms with E-state index in [1.165, 1.54) is 12.2 Å². The first-order valence-electron chi connectivity index (χ1n) is 4.35. The lowest BCUT2D eigenvalue weighted by Gasteiger charge is -2.04. The Kier molecular flexibility index (Phi) is 6.70. The van der Waals surface area contributed by atoms with Crippen LogP contribution in [-0.4, -0.2) is 35.5 Å². The van der Waals surface area contributed by atoms with E-state index in [1.807, 2.05) is 0 Å². The van der Waals surface area contributed by atoms with Gasteiger partial charge in [-0.05, 0) is 13.3 Å². The third kappa shape index (κ3) is 5.50. The molecule has 0 amide bonds. The highest BCUT2D eigenvalue weighted by molar-refractivity contribution is 5.87. The van der Waals surface area contributed by atoms with Crippen molar-refractivity contribution in [3.8, 4) is 0 Å². The zero-order chi connectivity index (χ0) is 11.0. The maximum atomic E-state index is 11.1. The normalized spacial score (nSPS) is 13.5. The van der Waals surface area contributed by atoms with Crippen molar-refractivity contribution in [3.63, 3.8) is 0 Å². The minimum absolute atomic E-state index is 0.173. The Morgan fingerprint density at radius 1 is 1.64 bits per heavy atom. The molecule has 0 saturated heterocycles. The maximum Gasteiger partial charge on any atom is 0.333 e. The fraction of sp³-hybridized carbons (Fsp3) is 0.500. The summed E-state index contributed by atoms with van der Waals surface area (Å²) in [6.07, 6.45) is 2.43. The van der Waals surface area contributed by atoms with Crippen LogP contribution in [0.1, 0.15) is 13.3 Å². The van der Waals surface area contributed by atoms with Crippen LogP contribution in [0.25, 0.3) is 0 Å². The molecule has 2 N–H and O–H groups in total. The van der Waals surface area contributed by atoms with Gasteiger partial charge in [0.25, 0.3) is 0 Å². The van der Waals surface area contributed by atoms with Gasteiger partial charge in [-0.1, -0.05) is 18.7 Å². The summed E-state index contributed by atoms with van der Waals surface area (Å²) in [7, 11) is 0. The fourth-order valence-corrected chi connectivity index (χ4v) is 0.719. The van der Waals surface area contributed by atoms with Gasteiger partial charge in [0.2, 0.25) is 0 Å². The van der Waals surface area contributed by atoms with Crippen LogP contribution < -0.4 is 0 Å². The van der Waals surface area contributed by atoms with E-state index in [0.717, 1.165) is 0 Å². The van der Waals surface area contributed by atoms with Gasteiger partial charge in [-0.25, -0.2) is 4.79 Å². The Balaban J connectivity index is 3.96. The molecule has 0 bridgehead atoms. The van der Waals surface area contributed by atoms with E-state index in [4.69, 9.17) is 14.9 Å². The second-order valence-corrected chi connectivity index (χ2v) is 2.85. The van der Waals surface area contributed by atoms with E-state index in [9.17, 15) is 4.79 Å². The minimum Gasteiger partial charge on any atom is -0.458 e. The molecule has 80 valence electrons. The third-order valence-electron chi connectivity index (χ3n) is 1.56. The van der Waals surface area contributed by atoms with Gasteiger partial charge in [-0.3, -0.25) is 0 Å². The van der Waals surface area contributed by atoms with Gasteiger partial charge in [0, 0.05) is 5.57 Å². The van der Waals surface area contributed by atoms with Crippen molar-refractivity contribution in [2.45, 2.75) is 19.4 Å². The molecular formula is C10H16O4. The molecule has 0 aromatic heterocycles. The zero-order valence-corrected chi connectivity index (χ0v) is 8.27. The van der Waals surface area contributed by atoms with E-state index in [-0.39, 0.29) is 19.6 Å². The highest BCUT2D eigenvalue weighted by Gasteiger charge is 2.05. The van der Waals surface area contributed by atoms with Crippen molar-refractivity contribution in [1.29, 1.82) is 0 Å². The zero-order valence-electron chi connectivity index (χ0n) is 8.27. The Morgan fingerprint density at radius 3 is 2.79 bits per heavy atom. The molecule has 0 aromatic carbocycles. The Hall–Kier alpha value is -1.13. The fourth-order valence-electron chi connectivity index (χ4n) is 0.719. The second-order valence-electron chi connectivity index (χ2n) is 2.85. The minimum atomic E-state index is -0.822. The highest BCUT2D eigenvalue weighted by atomic mass is 16.5. The average molecular weight is 200 g/mol. The monoisotopic (exact) mass is 200 g/mol. The maximum absolute atomic E-state index is 11.1. The standard InChI is InChI=1S/C10H16O4/c1-3-6-14-10(13)8(2)4-5-9(12)7-11/h3-4,9,11-12H,1,5-7H2,2H3. The molecule has 0 radical (unpaired) electrons. The number of carbonyl (C=O) groups is 1. The SMILES string of the molecule is C=CCOC(=O)C(C)=CCC(O)CO. The molecule has 14 heavy (non-hydrogen) atoms. The quantitative estimate of drug-likeness (QED) is 0.370.